The number of hydrogen-bond acceptors (Lipinski definition) is 4. The van der Waals surface area contributed by atoms with Crippen LogP contribution in [0.3, 0.4) is 0 Å². The summed E-state index contributed by atoms with van der Waals surface area (Å²) >= 11 is 0. The Kier molecular flexibility index (Phi) is 4.79. The van der Waals surface area contributed by atoms with Gasteiger partial charge in [0, 0.05) is 12.2 Å². The molecule has 2 atom stereocenters. The molecular formula is C21H23N3O3. The van der Waals surface area contributed by atoms with Gasteiger partial charge < -0.3 is 10.1 Å². The SMILES string of the molecule is C[C@H]1CCCC[C@H]1NC(=O)CN1C(=O)c2cccnc2Oc2ccccc21. The van der Waals surface area contributed by atoms with Crippen molar-refractivity contribution in [1.82, 2.24) is 10.3 Å². The third kappa shape index (κ3) is 3.52. The molecule has 140 valence electrons. The van der Waals surface area contributed by atoms with Crippen LogP contribution < -0.4 is 15.0 Å². The predicted octanol–water partition coefficient (Wildman–Crippen LogP) is 3.53. The van der Waals surface area contributed by atoms with Crippen molar-refractivity contribution in [1.29, 1.82) is 0 Å². The highest BCUT2D eigenvalue weighted by atomic mass is 16.5. The summed E-state index contributed by atoms with van der Waals surface area (Å²) in [7, 11) is 0. The summed E-state index contributed by atoms with van der Waals surface area (Å²) in [5, 5.41) is 3.12. The fourth-order valence-corrected chi connectivity index (χ4v) is 3.84. The molecule has 0 bridgehead atoms. The lowest BCUT2D eigenvalue weighted by molar-refractivity contribution is -0.121. The Balaban J connectivity index is 1.60. The van der Waals surface area contributed by atoms with Crippen molar-refractivity contribution >= 4 is 17.5 Å². The molecule has 27 heavy (non-hydrogen) atoms. The lowest BCUT2D eigenvalue weighted by atomic mass is 9.86. The molecule has 1 aromatic carbocycles. The second-order valence-electron chi connectivity index (χ2n) is 7.25. The Hall–Kier alpha value is -2.89. The Bertz CT molecular complexity index is 867. The van der Waals surface area contributed by atoms with Gasteiger partial charge in [-0.25, -0.2) is 4.98 Å². The number of anilines is 1. The second-order valence-corrected chi connectivity index (χ2v) is 7.25. The van der Waals surface area contributed by atoms with Gasteiger partial charge in [0.25, 0.3) is 5.91 Å². The third-order valence-electron chi connectivity index (χ3n) is 5.37. The normalized spacial score (nSPS) is 21.5. The summed E-state index contributed by atoms with van der Waals surface area (Å²) in [5.41, 5.74) is 0.930. The van der Waals surface area contributed by atoms with Gasteiger partial charge in [0.2, 0.25) is 11.8 Å². The van der Waals surface area contributed by atoms with E-state index in [1.54, 1.807) is 30.5 Å². The van der Waals surface area contributed by atoms with E-state index in [0.29, 0.717) is 22.9 Å². The van der Waals surface area contributed by atoms with Crippen molar-refractivity contribution in [2.24, 2.45) is 5.92 Å². The van der Waals surface area contributed by atoms with Gasteiger partial charge in [-0.3, -0.25) is 14.5 Å². The standard InChI is InChI=1S/C21H23N3O3/c1-14-7-2-3-9-16(14)23-19(25)13-24-17-10-4-5-11-18(17)27-20-15(21(24)26)8-6-12-22-20/h4-6,8,10-12,14,16H,2-3,7,9,13H2,1H3,(H,23,25)/t14-,16+/m0/s1. The number of benzene rings is 1. The van der Waals surface area contributed by atoms with Crippen molar-refractivity contribution in [3.63, 3.8) is 0 Å². The van der Waals surface area contributed by atoms with Crippen molar-refractivity contribution in [2.45, 2.75) is 38.6 Å². The summed E-state index contributed by atoms with van der Waals surface area (Å²) in [5.74, 6) is 0.808. The number of hydrogen-bond donors (Lipinski definition) is 1. The molecule has 1 N–H and O–H groups in total. The monoisotopic (exact) mass is 365 g/mol. The molecule has 0 unspecified atom stereocenters. The minimum atomic E-state index is -0.283. The molecule has 6 nitrogen and oxygen atoms in total. The van der Waals surface area contributed by atoms with E-state index in [1.807, 2.05) is 12.1 Å². The van der Waals surface area contributed by atoms with Crippen LogP contribution in [0.25, 0.3) is 0 Å². The third-order valence-corrected chi connectivity index (χ3v) is 5.37. The van der Waals surface area contributed by atoms with Gasteiger partial charge in [0.15, 0.2) is 5.75 Å². The molecule has 0 saturated heterocycles. The predicted molar refractivity (Wildman–Crippen MR) is 102 cm³/mol. The fourth-order valence-electron chi connectivity index (χ4n) is 3.84. The average Bonchev–Trinajstić information content (AvgIpc) is 2.79. The largest absolute Gasteiger partial charge is 0.436 e. The summed E-state index contributed by atoms with van der Waals surface area (Å²) in [6, 6.07) is 10.8. The topological polar surface area (TPSA) is 71.5 Å². The molecule has 6 heteroatoms. The number of carbonyl (C=O) groups is 2. The van der Waals surface area contributed by atoms with Gasteiger partial charge in [-0.2, -0.15) is 0 Å². The fraction of sp³-hybridized carbons (Fsp3) is 0.381. The minimum Gasteiger partial charge on any atom is -0.436 e. The van der Waals surface area contributed by atoms with Crippen LogP contribution in [0, 0.1) is 5.92 Å². The van der Waals surface area contributed by atoms with Crippen LogP contribution >= 0.6 is 0 Å². The summed E-state index contributed by atoms with van der Waals surface area (Å²) < 4.78 is 5.85. The zero-order valence-corrected chi connectivity index (χ0v) is 15.4. The average molecular weight is 365 g/mol. The van der Waals surface area contributed by atoms with Gasteiger partial charge in [-0.05, 0) is 43.0 Å². The van der Waals surface area contributed by atoms with Crippen LogP contribution in [-0.2, 0) is 4.79 Å². The molecular weight excluding hydrogens is 342 g/mol. The van der Waals surface area contributed by atoms with E-state index in [-0.39, 0.29) is 30.3 Å². The Morgan fingerprint density at radius 3 is 2.89 bits per heavy atom. The maximum atomic E-state index is 13.1. The zero-order chi connectivity index (χ0) is 18.8. The van der Waals surface area contributed by atoms with Crippen molar-refractivity contribution in [3.05, 3.63) is 48.2 Å². The second kappa shape index (κ2) is 7.39. The number of nitrogens with zero attached hydrogens (tertiary/aromatic N) is 2. The van der Waals surface area contributed by atoms with E-state index >= 15 is 0 Å². The molecule has 0 radical (unpaired) electrons. The highest BCUT2D eigenvalue weighted by Gasteiger charge is 2.31. The van der Waals surface area contributed by atoms with E-state index in [0.717, 1.165) is 19.3 Å². The van der Waals surface area contributed by atoms with Crippen LogP contribution in [0.2, 0.25) is 0 Å². The van der Waals surface area contributed by atoms with E-state index in [2.05, 4.69) is 17.2 Å². The van der Waals surface area contributed by atoms with E-state index in [4.69, 9.17) is 4.74 Å². The van der Waals surface area contributed by atoms with E-state index < -0.39 is 0 Å². The van der Waals surface area contributed by atoms with Crippen LogP contribution in [0.1, 0.15) is 43.0 Å². The first-order valence-electron chi connectivity index (χ1n) is 9.46. The summed E-state index contributed by atoms with van der Waals surface area (Å²) in [4.78, 5) is 31.5. The number of fused-ring (bicyclic) bond motifs is 2. The highest BCUT2D eigenvalue weighted by molar-refractivity contribution is 6.11. The molecule has 1 aliphatic heterocycles. The Morgan fingerprint density at radius 1 is 1.22 bits per heavy atom. The van der Waals surface area contributed by atoms with Crippen LogP contribution in [0.5, 0.6) is 11.6 Å². The molecule has 1 aliphatic carbocycles. The molecule has 2 aliphatic rings. The maximum Gasteiger partial charge on any atom is 0.264 e. The summed E-state index contributed by atoms with van der Waals surface area (Å²) in [6.45, 7) is 2.13. The minimum absolute atomic E-state index is 0.0449. The van der Waals surface area contributed by atoms with E-state index in [1.165, 1.54) is 11.3 Å². The van der Waals surface area contributed by atoms with Crippen molar-refractivity contribution in [2.75, 3.05) is 11.4 Å². The number of nitrogens with one attached hydrogen (secondary N) is 1. The maximum absolute atomic E-state index is 13.1. The Labute approximate surface area is 158 Å². The van der Waals surface area contributed by atoms with Gasteiger partial charge in [-0.1, -0.05) is 31.9 Å². The number of para-hydroxylation sites is 2. The molecule has 2 amide bonds. The smallest absolute Gasteiger partial charge is 0.264 e. The van der Waals surface area contributed by atoms with Gasteiger partial charge in [0.1, 0.15) is 12.1 Å². The first-order chi connectivity index (χ1) is 13.1. The summed E-state index contributed by atoms with van der Waals surface area (Å²) in [6.07, 6.45) is 6.05. The first kappa shape index (κ1) is 17.5. The number of ether oxygens (including phenoxy) is 1. The molecule has 0 spiro atoms. The number of amides is 2. The van der Waals surface area contributed by atoms with Gasteiger partial charge in [0.05, 0.1) is 5.69 Å². The van der Waals surface area contributed by atoms with Crippen molar-refractivity contribution in [3.8, 4) is 11.6 Å². The quantitative estimate of drug-likeness (QED) is 0.903. The Morgan fingerprint density at radius 2 is 2.04 bits per heavy atom. The lowest BCUT2D eigenvalue weighted by Crippen LogP contribution is -2.47. The first-order valence-corrected chi connectivity index (χ1v) is 9.46. The number of carbonyl (C=O) groups excluding carboxylic acids is 2. The molecule has 2 heterocycles. The molecule has 2 aromatic rings. The van der Waals surface area contributed by atoms with Gasteiger partial charge >= 0.3 is 0 Å². The van der Waals surface area contributed by atoms with E-state index in [9.17, 15) is 9.59 Å². The molecule has 1 saturated carbocycles. The number of rotatable bonds is 3. The van der Waals surface area contributed by atoms with Crippen LogP contribution in [0.4, 0.5) is 5.69 Å². The molecule has 1 aromatic heterocycles. The number of pyridine rings is 1. The molecule has 1 fully saturated rings. The number of aromatic nitrogens is 1. The lowest BCUT2D eigenvalue weighted by Gasteiger charge is -2.30. The van der Waals surface area contributed by atoms with Crippen LogP contribution in [0.15, 0.2) is 42.6 Å². The van der Waals surface area contributed by atoms with Gasteiger partial charge in [-0.15, -0.1) is 0 Å². The zero-order valence-electron chi connectivity index (χ0n) is 15.4. The molecule has 4 rings (SSSR count). The van der Waals surface area contributed by atoms with Crippen LogP contribution in [-0.4, -0.2) is 29.4 Å². The van der Waals surface area contributed by atoms with Crippen molar-refractivity contribution < 1.29 is 14.3 Å². The highest BCUT2D eigenvalue weighted by Crippen LogP contribution is 2.37.